The number of hydrogen-bond acceptors (Lipinski definition) is 54. The number of rotatable bonds is 24. The van der Waals surface area contributed by atoms with Gasteiger partial charge in [0.1, 0.15) is 140 Å². The highest BCUT2D eigenvalue weighted by Crippen LogP contribution is 2.63. The predicted molar refractivity (Wildman–Crippen MR) is 495 cm³/mol. The van der Waals surface area contributed by atoms with E-state index in [0.29, 0.717) is 60.7 Å². The first-order valence-corrected chi connectivity index (χ1v) is 52.4. The number of phenolic OH excluding ortho intramolecular Hbond substituents is 4. The lowest BCUT2D eigenvalue weighted by molar-refractivity contribution is 0.373. The molecule has 0 aliphatic heterocycles. The van der Waals surface area contributed by atoms with Gasteiger partial charge < -0.3 is 125 Å². The summed E-state index contributed by atoms with van der Waals surface area (Å²) in [4.78, 5) is -12.9. The number of phenols is 4. The second-order valence-electron chi connectivity index (χ2n) is 27.1. The van der Waals surface area contributed by atoms with E-state index in [9.17, 15) is 180 Å². The third-order valence-corrected chi connectivity index (χ3v) is 29.3. The Hall–Kier alpha value is -11.8. The second kappa shape index (κ2) is 37.5. The molecule has 0 aromatic heterocycles. The maximum Gasteiger partial charge on any atom is 0.296 e. The molecule has 0 saturated carbocycles. The van der Waals surface area contributed by atoms with Gasteiger partial charge in [0.2, 0.25) is 0 Å². The normalized spacial score (nSPS) is 14.4. The van der Waals surface area contributed by atoms with Crippen LogP contribution in [0.5, 0.6) is 23.0 Å². The molecule has 0 bridgehead atoms. The molecule has 0 atom stereocenters. The third kappa shape index (κ3) is 21.7. The topological polar surface area (TPSA) is 1070 Å². The maximum absolute atomic E-state index is 12.9. The summed E-state index contributed by atoms with van der Waals surface area (Å²) in [5.74, 6) is -4.87. The molecular formula is C65H68N20O40S12. The molecule has 0 aliphatic carbocycles. The van der Waals surface area contributed by atoms with Crippen LogP contribution in [-0.4, -0.2) is 208 Å². The van der Waals surface area contributed by atoms with Crippen LogP contribution in [0.3, 0.4) is 0 Å². The molecule has 0 amide bonds. The molecule has 0 saturated heterocycles. The van der Waals surface area contributed by atoms with E-state index < -0.39 is 363 Å². The van der Waals surface area contributed by atoms with Gasteiger partial charge in [-0.15, -0.1) is 20.5 Å². The zero-order valence-electron chi connectivity index (χ0n) is 67.0. The lowest BCUT2D eigenvalue weighted by Crippen LogP contribution is -2.03. The Morgan fingerprint density at radius 2 is 0.409 bits per heavy atom. The maximum atomic E-state index is 12.9. The number of fused-ring (bicyclic) bond motifs is 6. The van der Waals surface area contributed by atoms with E-state index in [0.717, 1.165) is 64.6 Å². The number of azo groups is 8. The highest BCUT2D eigenvalue weighted by molar-refractivity contribution is 8.21. The lowest BCUT2D eigenvalue weighted by atomic mass is 10.0. The Kier molecular flexibility index (Phi) is 29.4. The number of nitrogens with zero attached hydrogens (tertiary/aromatic N) is 16. The summed E-state index contributed by atoms with van der Waals surface area (Å²) in [6, 6.07) is 10.5. The first kappa shape index (κ1) is 107. The summed E-state index contributed by atoms with van der Waals surface area (Å²) in [5.41, 5.74) is 12.5. The van der Waals surface area contributed by atoms with Gasteiger partial charge >= 0.3 is 0 Å². The van der Waals surface area contributed by atoms with Gasteiger partial charge in [-0.05, 0) is 108 Å². The summed E-state index contributed by atoms with van der Waals surface area (Å²) in [7, 11) is -57.2. The Balaban J connectivity index is 0.000000281. The first-order valence-electron chi connectivity index (χ1n) is 34.7. The molecule has 0 spiro atoms. The standard InChI is InChI=1S/2C32H32N10O20S6.CH4/c1-35-39-27-19(65(51,52)53)3-11-5-21(67(57,58)59)29(31(43)23(11)25(27)33)41-37-13-7-15-16(17(9-13)63(45,46)47)8-14(10-18(15)64(48,49)50)38-42-30-22(68(60,61)62)6-12-4-20(66(54,55)56)28(40-36-2)26(34)24(12)32(30)44;1-35-39-17-9-21(65(51,52)53)15-7-23(67(57,58)59)29(31(43)25(15)27(17)33)41-37-11-3-13-14(19(5-11)63(45,46)47)4-12(6-20(13)64(48,49)50)38-42-30-24(68(60,61)62)8-16-22(66(54,55)56)10-18(40-36-2)28(34)26(16)32(30)44;/h2*3-10,43-47,51-53,60-62H,33-34H2,1-2H3,(H,48,49,50)(H,54,55,56)(H,57,58,59);1H4. The fourth-order valence-corrected chi connectivity index (χ4v) is 21.5. The zero-order valence-corrected chi connectivity index (χ0v) is 76.8. The van der Waals surface area contributed by atoms with Crippen molar-refractivity contribution in [1.29, 1.82) is 0 Å². The van der Waals surface area contributed by atoms with Crippen LogP contribution in [0.25, 0.3) is 64.6 Å². The van der Waals surface area contributed by atoms with Gasteiger partial charge in [0.05, 0.1) is 96.4 Å². The number of nitrogens with two attached hydrogens (primary N) is 4. The third-order valence-electron chi connectivity index (χ3n) is 18.5. The molecule has 740 valence electrons. The number of hydrogen-bond donors (Lipinski definition) is 32. The minimum absolute atomic E-state index is 0. The minimum atomic E-state index is -5.50. The van der Waals surface area contributed by atoms with E-state index in [4.69, 9.17) is 22.9 Å². The van der Waals surface area contributed by atoms with Crippen molar-refractivity contribution in [1.82, 2.24) is 0 Å². The monoisotopic (exact) mass is 2150 g/mol. The molecule has 36 N–H and O–H groups in total. The predicted octanol–water partition coefficient (Wildman–Crippen LogP) is 19.6. The van der Waals surface area contributed by atoms with Crippen molar-refractivity contribution in [2.24, 2.45) is 81.8 Å². The molecule has 0 fully saturated rings. The van der Waals surface area contributed by atoms with Gasteiger partial charge in [-0.3, -0.25) is 27.3 Å². The van der Waals surface area contributed by atoms with E-state index >= 15 is 0 Å². The van der Waals surface area contributed by atoms with Gasteiger partial charge in [0, 0.05) is 60.5 Å². The van der Waals surface area contributed by atoms with Crippen molar-refractivity contribution >= 4 is 282 Å². The fourth-order valence-electron chi connectivity index (χ4n) is 13.1. The quantitative estimate of drug-likeness (QED) is 0.0152. The largest absolute Gasteiger partial charge is 0.505 e. The molecule has 137 heavy (non-hydrogen) atoms. The van der Waals surface area contributed by atoms with Gasteiger partial charge in [0.15, 0.2) is 23.0 Å². The zero-order chi connectivity index (χ0) is 102. The van der Waals surface area contributed by atoms with Crippen molar-refractivity contribution < 1.29 is 180 Å². The van der Waals surface area contributed by atoms with Crippen LogP contribution < -0.4 is 22.9 Å². The van der Waals surface area contributed by atoms with Crippen LogP contribution in [-0.2, 0) is 60.7 Å². The molecule has 0 radical (unpaired) electrons. The van der Waals surface area contributed by atoms with E-state index in [1.54, 1.807) is 0 Å². The Labute approximate surface area is 775 Å². The molecule has 12 aromatic rings. The molecule has 0 unspecified atom stereocenters. The average molecular weight is 2150 g/mol. The molecule has 12 rings (SSSR count). The SMILES string of the molecule is C.CN=Nc1c(S(O)(O)O)cc2cc(S(=O)(=O)O)c(N=Nc3cc(S(O)(O)O)c4cc(N=Nc5c(S(O)(O)O)cc6cc(S(=O)(=O)O)c(N=NC)c(N)c6c5O)cc(S(=O)(=O)O)c4c3)c(O)c2c1N.CN=Nc1cc(S(O)(O)O)c2cc(S(=O)(=O)O)c(N=Nc3cc(S(O)(O)O)c4cc(N=Nc5c(S(O)(O)O)cc6c(S(=O)(=O)O)cc(N=NC)c(N)c6c5O)cc(S(=O)(=O)O)c4c3)c(O)c2c1N. The van der Waals surface area contributed by atoms with Crippen molar-refractivity contribution in [2.45, 2.75) is 66.2 Å². The molecule has 0 heterocycles. The Morgan fingerprint density at radius 3 is 0.701 bits per heavy atom. The first-order chi connectivity index (χ1) is 62.2. The lowest BCUT2D eigenvalue weighted by Gasteiger charge is -2.23. The highest BCUT2D eigenvalue weighted by Gasteiger charge is 2.38. The van der Waals surface area contributed by atoms with Gasteiger partial charge in [-0.1, -0.05) is 7.43 Å². The summed E-state index contributed by atoms with van der Waals surface area (Å²) >= 11 is 0. The molecule has 12 aromatic carbocycles. The van der Waals surface area contributed by atoms with Gasteiger partial charge in [-0.2, -0.15) is 112 Å². The summed E-state index contributed by atoms with van der Waals surface area (Å²) in [6.07, 6.45) is 0. The Bertz CT molecular complexity index is 8210. The number of aromatic hydroxyl groups is 4. The summed E-state index contributed by atoms with van der Waals surface area (Å²) in [5, 5.41) is 95.5. The van der Waals surface area contributed by atoms with Crippen LogP contribution in [0, 0.1) is 0 Å². The van der Waals surface area contributed by atoms with E-state index in [1.807, 2.05) is 0 Å². The van der Waals surface area contributed by atoms with Crippen molar-refractivity contribution in [3.8, 4) is 23.0 Å². The van der Waals surface area contributed by atoms with Gasteiger partial charge in [0.25, 0.3) is 60.7 Å². The molecule has 60 nitrogen and oxygen atoms in total. The minimum Gasteiger partial charge on any atom is -0.505 e. The number of nitrogen functional groups attached to an aromatic ring is 4. The van der Waals surface area contributed by atoms with Crippen LogP contribution in [0.4, 0.5) is 91.0 Å². The highest BCUT2D eigenvalue weighted by atomic mass is 32.3. The van der Waals surface area contributed by atoms with Crippen LogP contribution in [0.15, 0.2) is 238 Å². The molecule has 0 aliphatic rings. The fraction of sp³-hybridized carbons (Fsp3) is 0.0769. The average Bonchev–Trinajstić information content (AvgIpc) is 0.754. The van der Waals surface area contributed by atoms with Gasteiger partial charge in [-0.25, -0.2) is 0 Å². The van der Waals surface area contributed by atoms with Crippen molar-refractivity contribution in [3.63, 3.8) is 0 Å². The Morgan fingerprint density at radius 1 is 0.204 bits per heavy atom. The number of benzene rings is 12. The van der Waals surface area contributed by atoms with E-state index in [2.05, 4.69) is 81.8 Å². The number of anilines is 4. The van der Waals surface area contributed by atoms with Crippen molar-refractivity contribution in [2.75, 3.05) is 51.1 Å². The second-order valence-corrected chi connectivity index (χ2v) is 44.4. The summed E-state index contributed by atoms with van der Waals surface area (Å²) < 4.78 is 397. The summed E-state index contributed by atoms with van der Waals surface area (Å²) in [6.45, 7) is 0. The van der Waals surface area contributed by atoms with E-state index in [1.165, 1.54) is 0 Å². The van der Waals surface area contributed by atoms with Crippen LogP contribution >= 0.6 is 65.2 Å². The molecule has 72 heteroatoms. The van der Waals surface area contributed by atoms with Crippen molar-refractivity contribution in [3.05, 3.63) is 97.1 Å². The molecular weight excluding hydrogens is 2090 g/mol. The van der Waals surface area contributed by atoms with Crippen LogP contribution in [0.1, 0.15) is 7.43 Å². The smallest absolute Gasteiger partial charge is 0.296 e. The van der Waals surface area contributed by atoms with E-state index in [-0.39, 0.29) is 7.43 Å². The van der Waals surface area contributed by atoms with Crippen LogP contribution in [0.2, 0.25) is 0 Å².